The van der Waals surface area contributed by atoms with E-state index in [1.165, 1.54) is 11.8 Å². The lowest BCUT2D eigenvalue weighted by molar-refractivity contribution is -0.0546. The molecule has 0 radical (unpaired) electrons. The zero-order chi connectivity index (χ0) is 21.4. The van der Waals surface area contributed by atoms with Gasteiger partial charge in [-0.15, -0.1) is 0 Å². The Morgan fingerprint density at radius 3 is 2.47 bits per heavy atom. The second-order valence-corrected chi connectivity index (χ2v) is 8.64. The Morgan fingerprint density at radius 2 is 1.83 bits per heavy atom. The number of hydrogen-bond donors (Lipinski definition) is 3. The molecule has 30 heavy (non-hydrogen) atoms. The number of nitrogens with zero attached hydrogens (tertiary/aromatic N) is 2. The first kappa shape index (κ1) is 21.7. The molecule has 4 atom stereocenters. The normalized spacial score (nSPS) is 23.9. The van der Waals surface area contributed by atoms with Gasteiger partial charge in [0, 0.05) is 5.75 Å². The molecule has 3 aromatic rings. The molecule has 4 rings (SSSR count). The number of rotatable bonds is 6. The zero-order valence-corrected chi connectivity index (χ0v) is 18.2. The fraction of sp³-hybridized carbons (Fsp3) is 0.350. The Labute approximate surface area is 187 Å². The molecule has 1 saturated heterocycles. The van der Waals surface area contributed by atoms with Gasteiger partial charge in [-0.05, 0) is 29.8 Å². The second-order valence-electron chi connectivity index (χ2n) is 6.89. The summed E-state index contributed by atoms with van der Waals surface area (Å²) in [6, 6.07) is 11.0. The summed E-state index contributed by atoms with van der Waals surface area (Å²) >= 11 is 13.8. The highest BCUT2D eigenvalue weighted by atomic mass is 35.5. The van der Waals surface area contributed by atoms with Gasteiger partial charge in [0.15, 0.2) is 11.4 Å². The number of aliphatic hydroxyl groups is 3. The van der Waals surface area contributed by atoms with E-state index in [1.807, 2.05) is 24.3 Å². The number of halogens is 2. The Hall–Kier alpha value is -1.52. The van der Waals surface area contributed by atoms with Crippen molar-refractivity contribution in [3.8, 4) is 5.75 Å². The van der Waals surface area contributed by atoms with Crippen molar-refractivity contribution in [3.05, 3.63) is 52.0 Å². The molecule has 1 unspecified atom stereocenters. The molecular weight excluding hydrogens is 451 g/mol. The topological polar surface area (TPSA) is 97.0 Å². The molecule has 1 fully saturated rings. The van der Waals surface area contributed by atoms with Gasteiger partial charge < -0.3 is 24.8 Å². The average molecular weight is 471 g/mol. The quantitative estimate of drug-likeness (QED) is 0.475. The van der Waals surface area contributed by atoms with Gasteiger partial charge in [-0.2, -0.15) is 0 Å². The lowest BCUT2D eigenvalue weighted by Gasteiger charge is -2.20. The minimum Gasteiger partial charge on any atom is -0.497 e. The highest BCUT2D eigenvalue weighted by Gasteiger charge is 2.44. The first-order valence-corrected chi connectivity index (χ1v) is 10.9. The van der Waals surface area contributed by atoms with Crippen molar-refractivity contribution >= 4 is 46.0 Å². The van der Waals surface area contributed by atoms with Gasteiger partial charge in [0.25, 0.3) is 0 Å². The Bertz CT molecular complexity index is 1050. The van der Waals surface area contributed by atoms with Crippen LogP contribution >= 0.6 is 35.0 Å². The molecule has 1 aliphatic heterocycles. The Morgan fingerprint density at radius 1 is 1.13 bits per heavy atom. The molecule has 0 aliphatic carbocycles. The first-order chi connectivity index (χ1) is 14.4. The number of fused-ring (bicyclic) bond motifs is 1. The highest BCUT2D eigenvalue weighted by molar-refractivity contribution is 7.98. The third kappa shape index (κ3) is 4.01. The predicted molar refractivity (Wildman–Crippen MR) is 115 cm³/mol. The van der Waals surface area contributed by atoms with Gasteiger partial charge in [0.2, 0.25) is 0 Å². The minimum absolute atomic E-state index is 0.337. The van der Waals surface area contributed by atoms with E-state index in [0.29, 0.717) is 32.0 Å². The van der Waals surface area contributed by atoms with E-state index in [-0.39, 0.29) is 0 Å². The van der Waals surface area contributed by atoms with E-state index in [9.17, 15) is 15.3 Å². The van der Waals surface area contributed by atoms with Crippen LogP contribution in [0.4, 0.5) is 0 Å². The summed E-state index contributed by atoms with van der Waals surface area (Å²) in [5.41, 5.74) is 2.24. The third-order valence-corrected chi connectivity index (χ3v) is 6.74. The standard InChI is InChI=1S/C20H20Cl2N2O5S/c1-28-11-4-2-10(3-5-11)9-30-20-23-14-6-12(21)13(22)7-15(14)24(20)19-18(27)17(26)16(8-25)29-19/h2-7,16-19,25-27H,8-9H2,1H3/t16-,17-,18-,19?/m1/s1. The average Bonchev–Trinajstić information content (AvgIpc) is 3.23. The second kappa shape index (κ2) is 8.92. The summed E-state index contributed by atoms with van der Waals surface area (Å²) in [7, 11) is 1.61. The minimum atomic E-state index is -1.24. The van der Waals surface area contributed by atoms with Gasteiger partial charge in [-0.3, -0.25) is 4.57 Å². The monoisotopic (exact) mass is 470 g/mol. The van der Waals surface area contributed by atoms with Gasteiger partial charge >= 0.3 is 0 Å². The van der Waals surface area contributed by atoms with E-state index in [0.717, 1.165) is 11.3 Å². The third-order valence-electron chi connectivity index (χ3n) is 5.00. The van der Waals surface area contributed by atoms with Crippen molar-refractivity contribution in [1.29, 1.82) is 0 Å². The number of aliphatic hydroxyl groups excluding tert-OH is 3. The number of hydrogen-bond acceptors (Lipinski definition) is 7. The molecule has 3 N–H and O–H groups in total. The summed E-state index contributed by atoms with van der Waals surface area (Å²) < 4.78 is 12.6. The number of ether oxygens (including phenoxy) is 2. The maximum atomic E-state index is 10.6. The molecular formula is C20H20Cl2N2O5S. The van der Waals surface area contributed by atoms with Crippen LogP contribution in [-0.2, 0) is 10.5 Å². The van der Waals surface area contributed by atoms with Gasteiger partial charge in [0.1, 0.15) is 24.1 Å². The number of aromatic nitrogens is 2. The van der Waals surface area contributed by atoms with E-state index in [4.69, 9.17) is 32.7 Å². The molecule has 160 valence electrons. The van der Waals surface area contributed by atoms with E-state index >= 15 is 0 Å². The lowest BCUT2D eigenvalue weighted by Crippen LogP contribution is -2.33. The zero-order valence-electron chi connectivity index (χ0n) is 15.9. The maximum absolute atomic E-state index is 10.6. The smallest absolute Gasteiger partial charge is 0.171 e. The molecule has 10 heteroatoms. The molecule has 1 aromatic heterocycles. The molecule has 0 amide bonds. The molecule has 1 aliphatic rings. The van der Waals surface area contributed by atoms with Crippen molar-refractivity contribution in [1.82, 2.24) is 9.55 Å². The van der Waals surface area contributed by atoms with Crippen molar-refractivity contribution in [3.63, 3.8) is 0 Å². The SMILES string of the molecule is COc1ccc(CSc2nc3cc(Cl)c(Cl)cc3n2C2O[C@H](CO)[C@@H](O)[C@H]2O)cc1. The van der Waals surface area contributed by atoms with Crippen LogP contribution in [0, 0.1) is 0 Å². The Kier molecular flexibility index (Phi) is 6.45. The van der Waals surface area contributed by atoms with Crippen LogP contribution in [0.15, 0.2) is 41.6 Å². The molecule has 0 saturated carbocycles. The summed E-state index contributed by atoms with van der Waals surface area (Å²) in [6.07, 6.45) is -4.29. The van der Waals surface area contributed by atoms with Crippen LogP contribution in [0.25, 0.3) is 11.0 Å². The van der Waals surface area contributed by atoms with Crippen LogP contribution in [0.5, 0.6) is 5.75 Å². The molecule has 2 heterocycles. The van der Waals surface area contributed by atoms with Crippen molar-refractivity contribution in [2.24, 2.45) is 0 Å². The van der Waals surface area contributed by atoms with Crippen LogP contribution < -0.4 is 4.74 Å². The van der Waals surface area contributed by atoms with Crippen LogP contribution in [0.2, 0.25) is 10.0 Å². The van der Waals surface area contributed by atoms with Crippen LogP contribution in [0.3, 0.4) is 0 Å². The maximum Gasteiger partial charge on any atom is 0.171 e. The predicted octanol–water partition coefficient (Wildman–Crippen LogP) is 3.26. The van der Waals surface area contributed by atoms with E-state index in [2.05, 4.69) is 4.98 Å². The highest BCUT2D eigenvalue weighted by Crippen LogP contribution is 2.39. The molecule has 7 nitrogen and oxygen atoms in total. The molecule has 0 spiro atoms. The van der Waals surface area contributed by atoms with Crippen LogP contribution in [-0.4, -0.2) is 56.9 Å². The number of thioether (sulfide) groups is 1. The van der Waals surface area contributed by atoms with E-state index in [1.54, 1.807) is 23.8 Å². The number of imidazole rings is 1. The lowest BCUT2D eigenvalue weighted by atomic mass is 10.1. The van der Waals surface area contributed by atoms with Gasteiger partial charge in [-0.1, -0.05) is 47.1 Å². The van der Waals surface area contributed by atoms with Crippen molar-refractivity contribution in [2.45, 2.75) is 35.4 Å². The largest absolute Gasteiger partial charge is 0.497 e. The van der Waals surface area contributed by atoms with Crippen molar-refractivity contribution in [2.75, 3.05) is 13.7 Å². The summed E-state index contributed by atoms with van der Waals surface area (Å²) in [5.74, 6) is 1.37. The summed E-state index contributed by atoms with van der Waals surface area (Å²) in [6.45, 7) is -0.414. The summed E-state index contributed by atoms with van der Waals surface area (Å²) in [5, 5.41) is 31.5. The fourth-order valence-corrected chi connectivity index (χ4v) is 4.69. The van der Waals surface area contributed by atoms with Gasteiger partial charge in [0.05, 0.1) is 34.8 Å². The molecule has 2 aromatic carbocycles. The van der Waals surface area contributed by atoms with Crippen LogP contribution in [0.1, 0.15) is 11.8 Å². The fourth-order valence-electron chi connectivity index (χ4n) is 3.38. The van der Waals surface area contributed by atoms with Crippen molar-refractivity contribution < 1.29 is 24.8 Å². The molecule has 0 bridgehead atoms. The van der Waals surface area contributed by atoms with E-state index < -0.39 is 31.1 Å². The Balaban J connectivity index is 1.71. The first-order valence-electron chi connectivity index (χ1n) is 9.18. The van der Waals surface area contributed by atoms with Gasteiger partial charge in [-0.25, -0.2) is 4.98 Å². The number of methoxy groups -OCH3 is 1. The summed E-state index contributed by atoms with van der Waals surface area (Å²) in [4.78, 5) is 4.64. The number of benzene rings is 2.